The minimum atomic E-state index is -2.42. The normalized spacial score (nSPS) is 8.14. The van der Waals surface area contributed by atoms with E-state index in [9.17, 15) is 9.59 Å². The second kappa shape index (κ2) is 12.2. The smallest absolute Gasteiger partial charge is 0.832 e. The Kier molecular flexibility index (Phi) is 12.6. The summed E-state index contributed by atoms with van der Waals surface area (Å²) in [5, 5.41) is 39.1. The molecule has 2 rings (SSSR count). The molecule has 0 fully saturated rings. The van der Waals surface area contributed by atoms with E-state index in [-0.39, 0.29) is 41.1 Å². The van der Waals surface area contributed by atoms with Gasteiger partial charge in [0.1, 0.15) is 0 Å². The van der Waals surface area contributed by atoms with E-state index in [0.29, 0.717) is 0 Å². The van der Waals surface area contributed by atoms with Crippen molar-refractivity contribution in [3.8, 4) is 0 Å². The van der Waals surface area contributed by atoms with Crippen molar-refractivity contribution in [1.82, 2.24) is 0 Å². The molecule has 0 unspecified atom stereocenters. The van der Waals surface area contributed by atoms with Crippen LogP contribution in [0.2, 0.25) is 0 Å². The third-order valence-corrected chi connectivity index (χ3v) is 1.46. The maximum Gasteiger partial charge on any atom is 1.00 e. The maximum absolute atomic E-state index is 9.97. The molecule has 9 nitrogen and oxygen atoms in total. The van der Waals surface area contributed by atoms with Crippen LogP contribution < -0.4 is 34.6 Å². The number of rotatable bonds is 2. The van der Waals surface area contributed by atoms with Crippen molar-refractivity contribution >= 4 is 19.3 Å². The third-order valence-electron chi connectivity index (χ3n) is 1.46. The predicted molar refractivity (Wildman–Crippen MR) is 61.5 cm³/mol. The summed E-state index contributed by atoms with van der Waals surface area (Å²) in [6.45, 7) is 0. The monoisotopic (exact) mass is 308 g/mol. The molecule has 0 aliphatic carbocycles. The first-order chi connectivity index (χ1) is 9.34. The first-order valence-electron chi connectivity index (χ1n) is 4.90. The van der Waals surface area contributed by atoms with Gasteiger partial charge in [0, 0.05) is 0 Å². The SMILES string of the molecule is O=C(O)c1ccco1.O=C(O)c1ccco1.[Na+].[O-]B(O)O. The van der Waals surface area contributed by atoms with Gasteiger partial charge in [-0.1, -0.05) is 0 Å². The molecule has 0 radical (unpaired) electrons. The van der Waals surface area contributed by atoms with Gasteiger partial charge in [-0.25, -0.2) is 9.59 Å². The predicted octanol–water partition coefficient (Wildman–Crippen LogP) is -3.72. The van der Waals surface area contributed by atoms with Crippen LogP contribution >= 0.6 is 0 Å². The van der Waals surface area contributed by atoms with E-state index in [1.54, 1.807) is 0 Å². The van der Waals surface area contributed by atoms with Crippen molar-refractivity contribution in [3.05, 3.63) is 48.3 Å². The Balaban J connectivity index is 0. The Hall–Kier alpha value is -1.56. The van der Waals surface area contributed by atoms with Gasteiger partial charge in [-0.2, -0.15) is 0 Å². The largest absolute Gasteiger partial charge is 1.00 e. The third kappa shape index (κ3) is 11.9. The first kappa shape index (κ1) is 21.7. The summed E-state index contributed by atoms with van der Waals surface area (Å²) >= 11 is 0. The molecule has 21 heavy (non-hydrogen) atoms. The molecule has 0 saturated carbocycles. The second-order valence-corrected chi connectivity index (χ2v) is 2.89. The van der Waals surface area contributed by atoms with Crippen LogP contribution in [0.25, 0.3) is 0 Å². The molecule has 0 aromatic carbocycles. The molecule has 2 heterocycles. The number of hydrogen-bond donors (Lipinski definition) is 4. The maximum atomic E-state index is 9.97. The van der Waals surface area contributed by atoms with Crippen molar-refractivity contribution in [2.75, 3.05) is 0 Å². The summed E-state index contributed by atoms with van der Waals surface area (Å²) in [4.78, 5) is 19.9. The fourth-order valence-electron chi connectivity index (χ4n) is 0.800. The average molecular weight is 308 g/mol. The van der Waals surface area contributed by atoms with Crippen LogP contribution in [0.15, 0.2) is 45.6 Å². The zero-order valence-corrected chi connectivity index (χ0v) is 12.9. The topological polar surface area (TPSA) is 164 Å². The van der Waals surface area contributed by atoms with Gasteiger partial charge in [0.2, 0.25) is 11.5 Å². The van der Waals surface area contributed by atoms with Gasteiger partial charge in [0.15, 0.2) is 0 Å². The van der Waals surface area contributed by atoms with E-state index in [4.69, 9.17) is 25.3 Å². The first-order valence-corrected chi connectivity index (χ1v) is 4.90. The van der Waals surface area contributed by atoms with Crippen molar-refractivity contribution in [2.45, 2.75) is 0 Å². The molecular formula is C10H10BNaO9. The number of furan rings is 2. The molecule has 0 atom stereocenters. The number of carbonyl (C=O) groups is 2. The van der Waals surface area contributed by atoms with Crippen LogP contribution in [0.1, 0.15) is 21.1 Å². The Bertz CT molecular complexity index is 448. The summed E-state index contributed by atoms with van der Waals surface area (Å²) in [7, 11) is -2.42. The van der Waals surface area contributed by atoms with Crippen molar-refractivity contribution < 1.29 is 73.3 Å². The van der Waals surface area contributed by atoms with Crippen LogP contribution in [0.5, 0.6) is 0 Å². The van der Waals surface area contributed by atoms with E-state index >= 15 is 0 Å². The zero-order chi connectivity index (χ0) is 15.5. The molecule has 0 aliphatic heterocycles. The Morgan fingerprint density at radius 1 is 0.952 bits per heavy atom. The molecule has 0 bridgehead atoms. The van der Waals surface area contributed by atoms with Gasteiger partial charge in [0.05, 0.1) is 12.5 Å². The minimum Gasteiger partial charge on any atom is -0.832 e. The van der Waals surface area contributed by atoms with Crippen molar-refractivity contribution in [3.63, 3.8) is 0 Å². The molecule has 11 heteroatoms. The standard InChI is InChI=1S/2C5H4O3.BH2O3.Na/c2*6-5(7)4-2-1-3-8-4;2-1(3)4;/h2*1-3H,(H,6,7);2-3H;/q;;-1;+1. The van der Waals surface area contributed by atoms with Gasteiger partial charge < -0.3 is 34.1 Å². The number of carboxylic acid groups (broad SMARTS) is 2. The van der Waals surface area contributed by atoms with Gasteiger partial charge in [-0.3, -0.25) is 0 Å². The summed E-state index contributed by atoms with van der Waals surface area (Å²) < 4.78 is 8.99. The average Bonchev–Trinajstić information content (AvgIpc) is 3.03. The quantitative estimate of drug-likeness (QED) is 0.408. The number of aromatic carboxylic acids is 2. The molecule has 0 saturated heterocycles. The Morgan fingerprint density at radius 3 is 1.33 bits per heavy atom. The van der Waals surface area contributed by atoms with Crippen LogP contribution in [-0.4, -0.2) is 39.5 Å². The fourth-order valence-corrected chi connectivity index (χ4v) is 0.800. The van der Waals surface area contributed by atoms with Gasteiger partial charge in [0.25, 0.3) is 0 Å². The molecule has 0 spiro atoms. The van der Waals surface area contributed by atoms with E-state index in [1.165, 1.54) is 36.8 Å². The molecule has 2 aromatic heterocycles. The summed E-state index contributed by atoms with van der Waals surface area (Å²) in [5.74, 6) is -2.11. The Morgan fingerprint density at radius 2 is 1.24 bits per heavy atom. The molecule has 0 amide bonds. The van der Waals surface area contributed by atoms with Gasteiger partial charge in [-0.15, -0.1) is 0 Å². The van der Waals surface area contributed by atoms with Crippen LogP contribution in [0.3, 0.4) is 0 Å². The van der Waals surface area contributed by atoms with E-state index in [1.807, 2.05) is 0 Å². The minimum absolute atomic E-state index is 0. The molecule has 108 valence electrons. The van der Waals surface area contributed by atoms with Crippen LogP contribution in [-0.2, 0) is 0 Å². The Labute approximate surface area is 140 Å². The number of carboxylic acids is 2. The van der Waals surface area contributed by atoms with Crippen molar-refractivity contribution in [2.24, 2.45) is 0 Å². The van der Waals surface area contributed by atoms with Crippen LogP contribution in [0, 0.1) is 0 Å². The second-order valence-electron chi connectivity index (χ2n) is 2.89. The van der Waals surface area contributed by atoms with Crippen LogP contribution in [0.4, 0.5) is 0 Å². The fraction of sp³-hybridized carbons (Fsp3) is 0. The van der Waals surface area contributed by atoms with E-state index < -0.39 is 19.3 Å². The molecular weight excluding hydrogens is 298 g/mol. The molecule has 4 N–H and O–H groups in total. The van der Waals surface area contributed by atoms with Crippen molar-refractivity contribution in [1.29, 1.82) is 0 Å². The summed E-state index contributed by atoms with van der Waals surface area (Å²) in [6, 6.07) is 5.84. The van der Waals surface area contributed by atoms with E-state index in [0.717, 1.165) is 0 Å². The summed E-state index contributed by atoms with van der Waals surface area (Å²) in [6.07, 6.45) is 2.65. The molecule has 2 aromatic rings. The van der Waals surface area contributed by atoms with Gasteiger partial charge in [-0.05, 0) is 24.3 Å². The number of hydrogen-bond acceptors (Lipinski definition) is 7. The molecule has 0 aliphatic rings. The summed E-state index contributed by atoms with van der Waals surface area (Å²) in [5.41, 5.74) is 0. The zero-order valence-electron chi connectivity index (χ0n) is 10.9. The van der Waals surface area contributed by atoms with E-state index in [2.05, 4.69) is 8.83 Å². The van der Waals surface area contributed by atoms with Gasteiger partial charge >= 0.3 is 48.8 Å².